The van der Waals surface area contributed by atoms with Gasteiger partial charge in [0.15, 0.2) is 0 Å². The van der Waals surface area contributed by atoms with E-state index in [9.17, 15) is 0 Å². The summed E-state index contributed by atoms with van der Waals surface area (Å²) in [5.41, 5.74) is 2.39. The third kappa shape index (κ3) is 1.66. The standard InChI is InChI=1S/C11H13N3/c1-9(2)10-3-5-11(6-4-10)14-8-7-12-13-14/h3-9H,1-2H3. The van der Waals surface area contributed by atoms with Crippen molar-refractivity contribution >= 4 is 0 Å². The van der Waals surface area contributed by atoms with Crippen LogP contribution >= 0.6 is 0 Å². The highest BCUT2D eigenvalue weighted by atomic mass is 15.4. The largest absolute Gasteiger partial charge is 0.221 e. The number of benzene rings is 1. The fourth-order valence-electron chi connectivity index (χ4n) is 1.36. The summed E-state index contributed by atoms with van der Waals surface area (Å²) in [6, 6.07) is 8.37. The van der Waals surface area contributed by atoms with E-state index in [-0.39, 0.29) is 0 Å². The summed E-state index contributed by atoms with van der Waals surface area (Å²) in [7, 11) is 0. The highest BCUT2D eigenvalue weighted by Gasteiger charge is 2.00. The van der Waals surface area contributed by atoms with Crippen molar-refractivity contribution in [3.8, 4) is 5.69 Å². The maximum atomic E-state index is 3.93. The fraction of sp³-hybridized carbons (Fsp3) is 0.273. The van der Waals surface area contributed by atoms with Gasteiger partial charge in [0.2, 0.25) is 0 Å². The molecular weight excluding hydrogens is 174 g/mol. The number of hydrogen-bond donors (Lipinski definition) is 0. The van der Waals surface area contributed by atoms with E-state index in [1.165, 1.54) is 5.56 Å². The maximum absolute atomic E-state index is 3.93. The summed E-state index contributed by atoms with van der Waals surface area (Å²) >= 11 is 0. The van der Waals surface area contributed by atoms with Crippen LogP contribution in [0.25, 0.3) is 5.69 Å². The average molecular weight is 187 g/mol. The molecule has 1 heterocycles. The molecule has 0 atom stereocenters. The van der Waals surface area contributed by atoms with Crippen molar-refractivity contribution in [3.63, 3.8) is 0 Å². The predicted molar refractivity (Wildman–Crippen MR) is 55.4 cm³/mol. The van der Waals surface area contributed by atoms with Crippen LogP contribution in [0, 0.1) is 0 Å². The van der Waals surface area contributed by atoms with Crippen molar-refractivity contribution in [2.24, 2.45) is 0 Å². The van der Waals surface area contributed by atoms with Gasteiger partial charge in [-0.2, -0.15) is 0 Å². The van der Waals surface area contributed by atoms with E-state index in [0.29, 0.717) is 5.92 Å². The molecule has 0 aliphatic rings. The summed E-state index contributed by atoms with van der Waals surface area (Å²) in [6.45, 7) is 4.37. The molecule has 0 fully saturated rings. The molecular formula is C11H13N3. The molecule has 0 unspecified atom stereocenters. The van der Waals surface area contributed by atoms with Crippen LogP contribution in [0.4, 0.5) is 0 Å². The van der Waals surface area contributed by atoms with Crippen LogP contribution in [0.15, 0.2) is 36.7 Å². The summed E-state index contributed by atoms with van der Waals surface area (Å²) in [5, 5.41) is 7.70. The first kappa shape index (κ1) is 8.94. The van der Waals surface area contributed by atoms with Crippen LogP contribution in [-0.4, -0.2) is 15.0 Å². The summed E-state index contributed by atoms with van der Waals surface area (Å²) in [6.07, 6.45) is 3.51. The van der Waals surface area contributed by atoms with Gasteiger partial charge < -0.3 is 0 Å². The Hall–Kier alpha value is -1.64. The van der Waals surface area contributed by atoms with Crippen LogP contribution in [0.5, 0.6) is 0 Å². The molecule has 0 aliphatic carbocycles. The third-order valence-electron chi connectivity index (χ3n) is 2.25. The lowest BCUT2D eigenvalue weighted by Gasteiger charge is -2.06. The van der Waals surface area contributed by atoms with Gasteiger partial charge in [-0.1, -0.05) is 31.2 Å². The Morgan fingerprint density at radius 3 is 2.36 bits per heavy atom. The van der Waals surface area contributed by atoms with Crippen molar-refractivity contribution in [3.05, 3.63) is 42.2 Å². The van der Waals surface area contributed by atoms with E-state index in [2.05, 4.69) is 48.4 Å². The second-order valence-electron chi connectivity index (χ2n) is 3.59. The molecule has 0 saturated heterocycles. The fourth-order valence-corrected chi connectivity index (χ4v) is 1.36. The summed E-state index contributed by atoms with van der Waals surface area (Å²) < 4.78 is 1.75. The Bertz CT molecular complexity index is 387. The highest BCUT2D eigenvalue weighted by molar-refractivity contribution is 5.34. The monoisotopic (exact) mass is 187 g/mol. The summed E-state index contributed by atoms with van der Waals surface area (Å²) in [5.74, 6) is 0.569. The second-order valence-corrected chi connectivity index (χ2v) is 3.59. The second kappa shape index (κ2) is 3.62. The van der Waals surface area contributed by atoms with Crippen molar-refractivity contribution in [1.82, 2.24) is 15.0 Å². The number of nitrogens with zero attached hydrogens (tertiary/aromatic N) is 3. The van der Waals surface area contributed by atoms with E-state index in [0.717, 1.165) is 5.69 Å². The van der Waals surface area contributed by atoms with Crippen molar-refractivity contribution in [2.45, 2.75) is 19.8 Å². The first-order valence-electron chi connectivity index (χ1n) is 4.74. The molecule has 0 N–H and O–H groups in total. The SMILES string of the molecule is CC(C)c1ccc(-n2ccnn2)cc1. The lowest BCUT2D eigenvalue weighted by molar-refractivity contribution is 0.800. The normalized spacial score (nSPS) is 10.8. The quantitative estimate of drug-likeness (QED) is 0.722. The van der Waals surface area contributed by atoms with Crippen molar-refractivity contribution in [2.75, 3.05) is 0 Å². The van der Waals surface area contributed by atoms with Crippen molar-refractivity contribution < 1.29 is 0 Å². The number of rotatable bonds is 2. The van der Waals surface area contributed by atoms with E-state index >= 15 is 0 Å². The molecule has 2 aromatic rings. The van der Waals surface area contributed by atoms with E-state index < -0.39 is 0 Å². The molecule has 14 heavy (non-hydrogen) atoms. The van der Waals surface area contributed by atoms with Gasteiger partial charge in [-0.05, 0) is 23.6 Å². The summed E-state index contributed by atoms with van der Waals surface area (Å²) in [4.78, 5) is 0. The first-order chi connectivity index (χ1) is 6.77. The van der Waals surface area contributed by atoms with E-state index in [4.69, 9.17) is 0 Å². The predicted octanol–water partition coefficient (Wildman–Crippen LogP) is 2.39. The molecule has 0 amide bonds. The van der Waals surface area contributed by atoms with Gasteiger partial charge in [-0.25, -0.2) is 4.68 Å². The third-order valence-corrected chi connectivity index (χ3v) is 2.25. The number of hydrogen-bond acceptors (Lipinski definition) is 2. The van der Waals surface area contributed by atoms with Gasteiger partial charge in [-0.3, -0.25) is 0 Å². The van der Waals surface area contributed by atoms with Crippen LogP contribution < -0.4 is 0 Å². The lowest BCUT2D eigenvalue weighted by atomic mass is 10.0. The van der Waals surface area contributed by atoms with Gasteiger partial charge >= 0.3 is 0 Å². The topological polar surface area (TPSA) is 30.7 Å². The zero-order chi connectivity index (χ0) is 9.97. The average Bonchev–Trinajstić information content (AvgIpc) is 2.71. The highest BCUT2D eigenvalue weighted by Crippen LogP contribution is 2.15. The van der Waals surface area contributed by atoms with Crippen LogP contribution in [0.1, 0.15) is 25.3 Å². The molecule has 0 bridgehead atoms. The minimum Gasteiger partial charge on any atom is -0.221 e. The smallest absolute Gasteiger partial charge is 0.0697 e. The number of aromatic nitrogens is 3. The molecule has 72 valence electrons. The Kier molecular flexibility index (Phi) is 2.31. The molecule has 3 nitrogen and oxygen atoms in total. The van der Waals surface area contributed by atoms with E-state index in [1.54, 1.807) is 10.9 Å². The molecule has 2 rings (SSSR count). The Balaban J connectivity index is 2.31. The Morgan fingerprint density at radius 2 is 1.86 bits per heavy atom. The molecule has 0 saturated carbocycles. The molecule has 0 radical (unpaired) electrons. The van der Waals surface area contributed by atoms with Crippen LogP contribution in [0.3, 0.4) is 0 Å². The van der Waals surface area contributed by atoms with Gasteiger partial charge in [-0.15, -0.1) is 5.10 Å². The van der Waals surface area contributed by atoms with Crippen LogP contribution in [-0.2, 0) is 0 Å². The maximum Gasteiger partial charge on any atom is 0.0697 e. The van der Waals surface area contributed by atoms with Crippen molar-refractivity contribution in [1.29, 1.82) is 0 Å². The first-order valence-corrected chi connectivity index (χ1v) is 4.74. The van der Waals surface area contributed by atoms with Gasteiger partial charge in [0.1, 0.15) is 0 Å². The molecule has 1 aromatic heterocycles. The van der Waals surface area contributed by atoms with E-state index in [1.807, 2.05) is 6.20 Å². The Morgan fingerprint density at radius 1 is 1.14 bits per heavy atom. The molecule has 0 aliphatic heterocycles. The molecule has 0 spiro atoms. The molecule has 3 heteroatoms. The minimum atomic E-state index is 0.569. The lowest BCUT2D eigenvalue weighted by Crippen LogP contribution is -1.95. The zero-order valence-electron chi connectivity index (χ0n) is 8.38. The zero-order valence-corrected chi connectivity index (χ0v) is 8.38. The van der Waals surface area contributed by atoms with Gasteiger partial charge in [0.25, 0.3) is 0 Å². The molecule has 1 aromatic carbocycles. The van der Waals surface area contributed by atoms with Gasteiger partial charge in [0, 0.05) is 0 Å². The van der Waals surface area contributed by atoms with Gasteiger partial charge in [0.05, 0.1) is 18.1 Å². The minimum absolute atomic E-state index is 0.569. The Labute approximate surface area is 83.4 Å². The van der Waals surface area contributed by atoms with Crippen LogP contribution in [0.2, 0.25) is 0 Å².